The van der Waals surface area contributed by atoms with Crippen LogP contribution < -0.4 is 10.7 Å². The van der Waals surface area contributed by atoms with Gasteiger partial charge in [0, 0.05) is 18.1 Å². The second-order valence-electron chi connectivity index (χ2n) is 5.69. The number of carbonyl (C=O) groups is 2. The summed E-state index contributed by atoms with van der Waals surface area (Å²) >= 11 is 0. The molecule has 2 N–H and O–H groups in total. The van der Waals surface area contributed by atoms with Crippen molar-refractivity contribution in [3.63, 3.8) is 0 Å². The Morgan fingerprint density at radius 3 is 2.50 bits per heavy atom. The van der Waals surface area contributed by atoms with E-state index >= 15 is 0 Å². The number of amides is 2. The lowest BCUT2D eigenvalue weighted by molar-refractivity contribution is -0.384. The van der Waals surface area contributed by atoms with Crippen LogP contribution in [0.3, 0.4) is 0 Å². The minimum Gasteiger partial charge on any atom is -0.347 e. The SMILES string of the molecule is O=C(CNC(=O)C1CCCCC1)NN=Cc1ccc([N+](=O)[O-])cc1. The predicted octanol–water partition coefficient (Wildman–Crippen LogP) is 1.74. The third-order valence-electron chi connectivity index (χ3n) is 3.91. The minimum absolute atomic E-state index is 0.00941. The van der Waals surface area contributed by atoms with Crippen LogP contribution in [0.2, 0.25) is 0 Å². The van der Waals surface area contributed by atoms with Crippen LogP contribution in [0.15, 0.2) is 29.4 Å². The molecule has 0 aromatic heterocycles. The van der Waals surface area contributed by atoms with Gasteiger partial charge in [0.05, 0.1) is 17.7 Å². The van der Waals surface area contributed by atoms with E-state index in [2.05, 4.69) is 15.8 Å². The third-order valence-corrected chi connectivity index (χ3v) is 3.91. The molecule has 2 amide bonds. The Labute approximate surface area is 139 Å². The minimum atomic E-state index is -0.488. The topological polar surface area (TPSA) is 114 Å². The Kier molecular flexibility index (Phi) is 6.41. The standard InChI is InChI=1S/C16H20N4O4/c21-15(11-17-16(22)13-4-2-1-3-5-13)19-18-10-12-6-8-14(9-7-12)20(23)24/h6-10,13H,1-5,11H2,(H,17,22)(H,19,21). The van der Waals surface area contributed by atoms with E-state index in [4.69, 9.17) is 0 Å². The molecule has 0 radical (unpaired) electrons. The van der Waals surface area contributed by atoms with Crippen LogP contribution in [0.5, 0.6) is 0 Å². The molecular formula is C16H20N4O4. The Morgan fingerprint density at radius 2 is 1.88 bits per heavy atom. The summed E-state index contributed by atoms with van der Waals surface area (Å²) in [5.41, 5.74) is 2.91. The number of nitrogens with zero attached hydrogens (tertiary/aromatic N) is 2. The van der Waals surface area contributed by atoms with E-state index in [9.17, 15) is 19.7 Å². The molecule has 24 heavy (non-hydrogen) atoms. The molecule has 0 spiro atoms. The number of hydrazone groups is 1. The highest BCUT2D eigenvalue weighted by Gasteiger charge is 2.21. The number of carbonyl (C=O) groups excluding carboxylic acids is 2. The molecular weight excluding hydrogens is 312 g/mol. The lowest BCUT2D eigenvalue weighted by atomic mass is 9.89. The van der Waals surface area contributed by atoms with Gasteiger partial charge in [-0.15, -0.1) is 0 Å². The zero-order chi connectivity index (χ0) is 17.4. The molecule has 0 bridgehead atoms. The molecule has 128 valence electrons. The van der Waals surface area contributed by atoms with Gasteiger partial charge in [0.15, 0.2) is 0 Å². The average Bonchev–Trinajstić information content (AvgIpc) is 2.61. The lowest BCUT2D eigenvalue weighted by Gasteiger charge is -2.20. The van der Waals surface area contributed by atoms with Crippen LogP contribution in [-0.2, 0) is 9.59 Å². The molecule has 0 heterocycles. The van der Waals surface area contributed by atoms with Crippen molar-refractivity contribution in [1.82, 2.24) is 10.7 Å². The number of hydrogen-bond donors (Lipinski definition) is 2. The van der Waals surface area contributed by atoms with Crippen molar-refractivity contribution in [2.75, 3.05) is 6.54 Å². The quantitative estimate of drug-likeness (QED) is 0.469. The van der Waals surface area contributed by atoms with E-state index in [1.54, 1.807) is 0 Å². The van der Waals surface area contributed by atoms with Crippen molar-refractivity contribution in [3.8, 4) is 0 Å². The maximum Gasteiger partial charge on any atom is 0.269 e. The highest BCUT2D eigenvalue weighted by molar-refractivity contribution is 5.87. The molecule has 0 aliphatic heterocycles. The first-order chi connectivity index (χ1) is 11.6. The van der Waals surface area contributed by atoms with E-state index in [1.165, 1.54) is 36.9 Å². The Hall–Kier alpha value is -2.77. The maximum absolute atomic E-state index is 11.9. The van der Waals surface area contributed by atoms with Gasteiger partial charge >= 0.3 is 0 Å². The summed E-state index contributed by atoms with van der Waals surface area (Å²) in [4.78, 5) is 33.6. The van der Waals surface area contributed by atoms with Crippen molar-refractivity contribution in [1.29, 1.82) is 0 Å². The van der Waals surface area contributed by atoms with Gasteiger partial charge in [-0.25, -0.2) is 5.43 Å². The fraction of sp³-hybridized carbons (Fsp3) is 0.438. The molecule has 2 rings (SSSR count). The number of nitro benzene ring substituents is 1. The summed E-state index contributed by atoms with van der Waals surface area (Å²) in [6.07, 6.45) is 6.43. The molecule has 1 aliphatic rings. The van der Waals surface area contributed by atoms with E-state index in [1.807, 2.05) is 0 Å². The molecule has 0 atom stereocenters. The molecule has 0 saturated heterocycles. The van der Waals surface area contributed by atoms with Crippen LogP contribution in [0.1, 0.15) is 37.7 Å². The Bertz CT molecular complexity index is 621. The molecule has 1 saturated carbocycles. The summed E-state index contributed by atoms with van der Waals surface area (Å²) in [6.45, 7) is -0.118. The molecule has 8 nitrogen and oxygen atoms in total. The summed E-state index contributed by atoms with van der Waals surface area (Å²) < 4.78 is 0. The summed E-state index contributed by atoms with van der Waals surface area (Å²) in [5, 5.41) is 16.9. The van der Waals surface area contributed by atoms with Gasteiger partial charge in [-0.05, 0) is 30.5 Å². The van der Waals surface area contributed by atoms with Crippen LogP contribution in [0.4, 0.5) is 5.69 Å². The zero-order valence-corrected chi connectivity index (χ0v) is 13.2. The van der Waals surface area contributed by atoms with Crippen LogP contribution in [-0.4, -0.2) is 29.5 Å². The first kappa shape index (κ1) is 17.6. The molecule has 1 aromatic rings. The van der Waals surface area contributed by atoms with E-state index < -0.39 is 10.8 Å². The van der Waals surface area contributed by atoms with Crippen LogP contribution >= 0.6 is 0 Å². The van der Waals surface area contributed by atoms with Gasteiger partial charge in [-0.1, -0.05) is 19.3 Å². The van der Waals surface area contributed by atoms with E-state index in [0.29, 0.717) is 5.56 Å². The number of nitrogens with one attached hydrogen (secondary N) is 2. The zero-order valence-electron chi connectivity index (χ0n) is 13.2. The van der Waals surface area contributed by atoms with Crippen molar-refractivity contribution in [2.24, 2.45) is 11.0 Å². The highest BCUT2D eigenvalue weighted by Crippen LogP contribution is 2.23. The van der Waals surface area contributed by atoms with Crippen molar-refractivity contribution in [2.45, 2.75) is 32.1 Å². The molecule has 1 aromatic carbocycles. The number of hydrogen-bond acceptors (Lipinski definition) is 5. The monoisotopic (exact) mass is 332 g/mol. The fourth-order valence-corrected chi connectivity index (χ4v) is 2.58. The maximum atomic E-state index is 11.9. The van der Waals surface area contributed by atoms with Gasteiger partial charge in [0.25, 0.3) is 11.6 Å². The van der Waals surface area contributed by atoms with Crippen LogP contribution in [0.25, 0.3) is 0 Å². The molecule has 1 aliphatic carbocycles. The predicted molar refractivity (Wildman–Crippen MR) is 88.4 cm³/mol. The van der Waals surface area contributed by atoms with Gasteiger partial charge in [0.1, 0.15) is 0 Å². The van der Waals surface area contributed by atoms with E-state index in [-0.39, 0.29) is 24.1 Å². The summed E-state index contributed by atoms with van der Waals surface area (Å²) in [7, 11) is 0. The van der Waals surface area contributed by atoms with E-state index in [0.717, 1.165) is 25.7 Å². The average molecular weight is 332 g/mol. The van der Waals surface area contributed by atoms with Crippen molar-refractivity contribution in [3.05, 3.63) is 39.9 Å². The summed E-state index contributed by atoms with van der Waals surface area (Å²) in [6, 6.07) is 5.76. The molecule has 1 fully saturated rings. The van der Waals surface area contributed by atoms with Gasteiger partial charge < -0.3 is 5.32 Å². The highest BCUT2D eigenvalue weighted by atomic mass is 16.6. The largest absolute Gasteiger partial charge is 0.347 e. The van der Waals surface area contributed by atoms with Crippen molar-refractivity contribution < 1.29 is 14.5 Å². The number of non-ortho nitro benzene ring substituents is 1. The third kappa shape index (κ3) is 5.45. The second kappa shape index (κ2) is 8.76. The smallest absolute Gasteiger partial charge is 0.269 e. The summed E-state index contributed by atoms with van der Waals surface area (Å²) in [5.74, 6) is -0.489. The Morgan fingerprint density at radius 1 is 1.21 bits per heavy atom. The fourth-order valence-electron chi connectivity index (χ4n) is 2.58. The number of nitro groups is 1. The van der Waals surface area contributed by atoms with Crippen LogP contribution in [0, 0.1) is 16.0 Å². The second-order valence-corrected chi connectivity index (χ2v) is 5.69. The van der Waals surface area contributed by atoms with Gasteiger partial charge in [-0.2, -0.15) is 5.10 Å². The lowest BCUT2D eigenvalue weighted by Crippen LogP contribution is -2.38. The molecule has 0 unspecified atom stereocenters. The Balaban J connectivity index is 1.72. The first-order valence-electron chi connectivity index (χ1n) is 7.90. The molecule has 8 heteroatoms. The van der Waals surface area contributed by atoms with Gasteiger partial charge in [0.2, 0.25) is 5.91 Å². The number of rotatable bonds is 6. The number of benzene rings is 1. The first-order valence-corrected chi connectivity index (χ1v) is 7.90. The van der Waals surface area contributed by atoms with Gasteiger partial charge in [-0.3, -0.25) is 19.7 Å². The normalized spacial score (nSPS) is 15.2. The van der Waals surface area contributed by atoms with Crippen molar-refractivity contribution >= 4 is 23.7 Å².